The fourth-order valence-corrected chi connectivity index (χ4v) is 1.70. The Morgan fingerprint density at radius 3 is 2.78 bits per heavy atom. The summed E-state index contributed by atoms with van der Waals surface area (Å²) in [6, 6.07) is 6.09. The van der Waals surface area contributed by atoms with Gasteiger partial charge in [0, 0.05) is 18.5 Å². The van der Waals surface area contributed by atoms with Crippen LogP contribution in [-0.2, 0) is 0 Å². The minimum atomic E-state index is -0.293. The number of aromatic hydroxyl groups is 1. The van der Waals surface area contributed by atoms with E-state index in [0.29, 0.717) is 11.3 Å². The van der Waals surface area contributed by atoms with Crippen LogP contribution in [0.3, 0.4) is 0 Å². The number of carbonyl (C=O) groups excluding carboxylic acids is 1. The van der Waals surface area contributed by atoms with Crippen LogP contribution in [0, 0.1) is 6.92 Å². The monoisotopic (exact) mass is 262 g/mol. The number of aryl methyl sites for hydroxylation is 1. The second kappa shape index (κ2) is 5.06. The highest BCUT2D eigenvalue weighted by Crippen LogP contribution is 2.26. The lowest BCUT2D eigenvalue weighted by atomic mass is 10.2. The Hall–Kier alpha value is -2.07. The molecular weight excluding hydrogens is 252 g/mol. The van der Waals surface area contributed by atoms with Gasteiger partial charge in [0.15, 0.2) is 0 Å². The maximum absolute atomic E-state index is 11.9. The Bertz CT molecular complexity index is 599. The van der Waals surface area contributed by atoms with E-state index in [4.69, 9.17) is 11.6 Å². The molecule has 0 saturated carbocycles. The van der Waals surface area contributed by atoms with Crippen molar-refractivity contribution in [3.8, 4) is 5.75 Å². The van der Waals surface area contributed by atoms with E-state index in [1.165, 1.54) is 18.3 Å². The summed E-state index contributed by atoms with van der Waals surface area (Å²) in [6.07, 6.45) is 3.15. The van der Waals surface area contributed by atoms with Crippen LogP contribution in [0.15, 0.2) is 36.7 Å². The largest absolute Gasteiger partial charge is 0.508 e. The molecule has 1 aromatic heterocycles. The van der Waals surface area contributed by atoms with Gasteiger partial charge < -0.3 is 10.4 Å². The predicted octanol–water partition coefficient (Wildman–Crippen LogP) is 3.00. The van der Waals surface area contributed by atoms with Gasteiger partial charge in [-0.3, -0.25) is 9.78 Å². The minimum absolute atomic E-state index is 0.0511. The molecule has 2 N–H and O–H groups in total. The van der Waals surface area contributed by atoms with Gasteiger partial charge in [-0.15, -0.1) is 0 Å². The Balaban J connectivity index is 2.21. The molecule has 0 aliphatic heterocycles. The first-order valence-electron chi connectivity index (χ1n) is 5.28. The van der Waals surface area contributed by atoms with Crippen LogP contribution in [0.2, 0.25) is 5.02 Å². The number of nitrogens with zero attached hydrogens (tertiary/aromatic N) is 1. The van der Waals surface area contributed by atoms with E-state index in [1.807, 2.05) is 6.92 Å². The summed E-state index contributed by atoms with van der Waals surface area (Å²) in [6.45, 7) is 1.86. The first kappa shape index (κ1) is 12.4. The highest BCUT2D eigenvalue weighted by Gasteiger charge is 2.09. The van der Waals surface area contributed by atoms with Crippen molar-refractivity contribution in [2.75, 3.05) is 5.32 Å². The summed E-state index contributed by atoms with van der Waals surface area (Å²) < 4.78 is 0. The summed E-state index contributed by atoms with van der Waals surface area (Å²) in [5, 5.41) is 12.2. The number of halogens is 1. The van der Waals surface area contributed by atoms with E-state index in [0.717, 1.165) is 5.56 Å². The fourth-order valence-electron chi connectivity index (χ4n) is 1.48. The Labute approximate surface area is 109 Å². The van der Waals surface area contributed by atoms with E-state index in [1.54, 1.807) is 18.3 Å². The first-order valence-corrected chi connectivity index (χ1v) is 5.65. The zero-order valence-electron chi connectivity index (χ0n) is 9.64. The lowest BCUT2D eigenvalue weighted by molar-refractivity contribution is 0.102. The smallest absolute Gasteiger partial charge is 0.257 e. The first-order chi connectivity index (χ1) is 8.56. The number of phenols is 1. The second-order valence-corrected chi connectivity index (χ2v) is 4.28. The molecule has 2 aromatic rings. The molecule has 0 spiro atoms. The van der Waals surface area contributed by atoms with Gasteiger partial charge in [-0.25, -0.2) is 0 Å². The molecule has 0 bridgehead atoms. The number of hydrogen-bond donors (Lipinski definition) is 2. The number of rotatable bonds is 2. The highest BCUT2D eigenvalue weighted by atomic mass is 35.5. The molecule has 1 heterocycles. The van der Waals surface area contributed by atoms with Crippen LogP contribution in [0.25, 0.3) is 0 Å². The summed E-state index contributed by atoms with van der Waals surface area (Å²) >= 11 is 5.90. The standard InChI is InChI=1S/C13H11ClN2O2/c1-8-4-9(7-15-6-8)13(18)16-12-3-2-10(17)5-11(12)14/h2-7,17H,1H3,(H,16,18). The van der Waals surface area contributed by atoms with Crippen LogP contribution in [0.5, 0.6) is 5.75 Å². The summed E-state index contributed by atoms with van der Waals surface area (Å²) in [5.74, 6) is -0.242. The Morgan fingerprint density at radius 2 is 2.11 bits per heavy atom. The quantitative estimate of drug-likeness (QED) is 0.818. The van der Waals surface area contributed by atoms with Crippen LogP contribution in [-0.4, -0.2) is 16.0 Å². The second-order valence-electron chi connectivity index (χ2n) is 3.87. The highest BCUT2D eigenvalue weighted by molar-refractivity contribution is 6.34. The number of amides is 1. The van der Waals surface area contributed by atoms with Crippen molar-refractivity contribution in [3.63, 3.8) is 0 Å². The van der Waals surface area contributed by atoms with E-state index >= 15 is 0 Å². The average Bonchev–Trinajstić information content (AvgIpc) is 2.32. The molecule has 18 heavy (non-hydrogen) atoms. The SMILES string of the molecule is Cc1cncc(C(=O)Nc2ccc(O)cc2Cl)c1. The molecular formula is C13H11ClN2O2. The zero-order chi connectivity index (χ0) is 13.1. The Kier molecular flexibility index (Phi) is 3.48. The molecule has 4 nitrogen and oxygen atoms in total. The molecule has 0 aliphatic carbocycles. The number of aromatic nitrogens is 1. The topological polar surface area (TPSA) is 62.2 Å². The van der Waals surface area contributed by atoms with Gasteiger partial charge in [-0.1, -0.05) is 11.6 Å². The van der Waals surface area contributed by atoms with E-state index in [2.05, 4.69) is 10.3 Å². The molecule has 1 amide bonds. The molecule has 92 valence electrons. The molecule has 0 fully saturated rings. The third-order valence-corrected chi connectivity index (χ3v) is 2.65. The maximum atomic E-state index is 11.9. The van der Waals surface area contributed by atoms with Crippen LogP contribution in [0.1, 0.15) is 15.9 Å². The van der Waals surface area contributed by atoms with Gasteiger partial charge in [0.25, 0.3) is 5.91 Å². The number of anilines is 1. The van der Waals surface area contributed by atoms with Crippen molar-refractivity contribution in [2.45, 2.75) is 6.92 Å². The molecule has 2 rings (SSSR count). The average molecular weight is 263 g/mol. The number of phenolic OH excluding ortho intramolecular Hbond substituents is 1. The number of nitrogens with one attached hydrogen (secondary N) is 1. The lowest BCUT2D eigenvalue weighted by Crippen LogP contribution is -2.12. The van der Waals surface area contributed by atoms with Crippen molar-refractivity contribution in [3.05, 3.63) is 52.8 Å². The van der Waals surface area contributed by atoms with Crippen molar-refractivity contribution >= 4 is 23.2 Å². The van der Waals surface area contributed by atoms with E-state index < -0.39 is 0 Å². The van der Waals surface area contributed by atoms with Crippen molar-refractivity contribution in [1.82, 2.24) is 4.98 Å². The fraction of sp³-hybridized carbons (Fsp3) is 0.0769. The van der Waals surface area contributed by atoms with Crippen molar-refractivity contribution in [1.29, 1.82) is 0 Å². The molecule has 0 unspecified atom stereocenters. The van der Waals surface area contributed by atoms with Gasteiger partial charge in [-0.2, -0.15) is 0 Å². The van der Waals surface area contributed by atoms with Crippen LogP contribution in [0.4, 0.5) is 5.69 Å². The number of pyridine rings is 1. The molecule has 0 saturated heterocycles. The maximum Gasteiger partial charge on any atom is 0.257 e. The van der Waals surface area contributed by atoms with Gasteiger partial charge in [0.1, 0.15) is 5.75 Å². The van der Waals surface area contributed by atoms with E-state index in [9.17, 15) is 9.90 Å². The third-order valence-electron chi connectivity index (χ3n) is 2.34. The van der Waals surface area contributed by atoms with Crippen LogP contribution >= 0.6 is 11.6 Å². The van der Waals surface area contributed by atoms with Gasteiger partial charge >= 0.3 is 0 Å². The molecule has 0 atom stereocenters. The summed E-state index contributed by atoms with van der Waals surface area (Å²) in [5.41, 5.74) is 1.81. The van der Waals surface area contributed by atoms with Crippen LogP contribution < -0.4 is 5.32 Å². The van der Waals surface area contributed by atoms with E-state index in [-0.39, 0.29) is 16.7 Å². The summed E-state index contributed by atoms with van der Waals surface area (Å²) in [7, 11) is 0. The number of hydrogen-bond acceptors (Lipinski definition) is 3. The Morgan fingerprint density at radius 1 is 1.33 bits per heavy atom. The lowest BCUT2D eigenvalue weighted by Gasteiger charge is -2.07. The third kappa shape index (κ3) is 2.78. The molecule has 0 aliphatic rings. The van der Waals surface area contributed by atoms with Gasteiger partial charge in [0.05, 0.1) is 16.3 Å². The predicted molar refractivity (Wildman–Crippen MR) is 70.0 cm³/mol. The minimum Gasteiger partial charge on any atom is -0.508 e. The van der Waals surface area contributed by atoms with Crippen molar-refractivity contribution < 1.29 is 9.90 Å². The molecule has 5 heteroatoms. The normalized spacial score (nSPS) is 10.1. The van der Waals surface area contributed by atoms with Gasteiger partial charge in [0.2, 0.25) is 0 Å². The summed E-state index contributed by atoms with van der Waals surface area (Å²) in [4.78, 5) is 15.9. The van der Waals surface area contributed by atoms with Gasteiger partial charge in [-0.05, 0) is 30.7 Å². The zero-order valence-corrected chi connectivity index (χ0v) is 10.4. The van der Waals surface area contributed by atoms with Crippen molar-refractivity contribution in [2.24, 2.45) is 0 Å². The number of benzene rings is 1. The molecule has 0 radical (unpaired) electrons. The molecule has 1 aromatic carbocycles. The number of carbonyl (C=O) groups is 1.